The molecule has 1 aromatic carbocycles. The molecule has 7 heteroatoms. The van der Waals surface area contributed by atoms with Gasteiger partial charge in [-0.05, 0) is 12.5 Å². The van der Waals surface area contributed by atoms with Gasteiger partial charge in [-0.15, -0.1) is 21.2 Å². The minimum Gasteiger partial charge on any atom is -0.395 e. The molecule has 19 heavy (non-hydrogen) atoms. The Balaban J connectivity index is 0.00000180. The van der Waals surface area contributed by atoms with Crippen molar-refractivity contribution < 1.29 is 23.4 Å². The number of hydrogen-bond donors (Lipinski definition) is 2. The van der Waals surface area contributed by atoms with Crippen molar-refractivity contribution in [1.29, 1.82) is 0 Å². The first-order valence-corrected chi connectivity index (χ1v) is 5.77. The van der Waals surface area contributed by atoms with E-state index in [4.69, 9.17) is 5.73 Å². The van der Waals surface area contributed by atoms with E-state index >= 15 is 0 Å². The molecule has 4 nitrogen and oxygen atoms in total. The topological polar surface area (TPSA) is 64.7 Å². The van der Waals surface area contributed by atoms with E-state index in [-0.39, 0.29) is 23.9 Å². The molecule has 1 aromatic rings. The summed E-state index contributed by atoms with van der Waals surface area (Å²) in [4.78, 5) is 0. The Hall–Kier alpha value is -1.11. The van der Waals surface area contributed by atoms with Crippen LogP contribution >= 0.6 is 12.4 Å². The lowest BCUT2D eigenvalue weighted by Crippen LogP contribution is -2.28. The van der Waals surface area contributed by atoms with Gasteiger partial charge in [-0.1, -0.05) is 25.5 Å². The number of rotatable bonds is 4. The fraction of sp³-hybridized carbons (Fsp3) is 0.500. The molecular weight excluding hydrogens is 280 g/mol. The van der Waals surface area contributed by atoms with E-state index in [1.165, 1.54) is 12.1 Å². The highest BCUT2D eigenvalue weighted by atomic mass is 35.5. The summed E-state index contributed by atoms with van der Waals surface area (Å²) in [6, 6.07) is 3.68. The number of aliphatic hydroxyl groups is 1. The molecule has 2 atom stereocenters. The van der Waals surface area contributed by atoms with Crippen molar-refractivity contribution in [3.05, 3.63) is 23.8 Å². The summed E-state index contributed by atoms with van der Waals surface area (Å²) in [5, 5.41) is 9.82. The van der Waals surface area contributed by atoms with Gasteiger partial charge >= 0.3 is 6.29 Å². The summed E-state index contributed by atoms with van der Waals surface area (Å²) in [5.41, 5.74) is 6.18. The minimum absolute atomic E-state index is 0. The van der Waals surface area contributed by atoms with Crippen molar-refractivity contribution in [1.82, 2.24) is 0 Å². The largest absolute Gasteiger partial charge is 0.586 e. The van der Waals surface area contributed by atoms with E-state index < -0.39 is 18.4 Å². The highest BCUT2D eigenvalue weighted by Gasteiger charge is 2.45. The predicted molar refractivity (Wildman–Crippen MR) is 67.7 cm³/mol. The standard InChI is InChI=1S/C12H15F2NO3.ClH/c1-2-4-8(16)10(15)7-5-3-6-9-11(7)18-12(13,14)17-9;/h3,5-6,8,10,16H,2,4,15H2,1H3;1H/t8-,10+;/m1./s1. The monoisotopic (exact) mass is 295 g/mol. The molecule has 0 fully saturated rings. The maximum Gasteiger partial charge on any atom is 0.586 e. The van der Waals surface area contributed by atoms with Gasteiger partial charge in [0.05, 0.1) is 12.1 Å². The Morgan fingerprint density at radius 3 is 2.68 bits per heavy atom. The van der Waals surface area contributed by atoms with Gasteiger partial charge in [-0.3, -0.25) is 0 Å². The second kappa shape index (κ2) is 5.90. The first-order chi connectivity index (χ1) is 8.44. The van der Waals surface area contributed by atoms with E-state index in [0.717, 1.165) is 6.42 Å². The van der Waals surface area contributed by atoms with Gasteiger partial charge in [0, 0.05) is 5.56 Å². The molecule has 0 aromatic heterocycles. The first kappa shape index (κ1) is 15.9. The Morgan fingerprint density at radius 2 is 2.05 bits per heavy atom. The van der Waals surface area contributed by atoms with E-state index in [0.29, 0.717) is 12.0 Å². The normalized spacial score (nSPS) is 18.6. The fourth-order valence-corrected chi connectivity index (χ4v) is 1.94. The highest BCUT2D eigenvalue weighted by Crippen LogP contribution is 2.45. The van der Waals surface area contributed by atoms with Gasteiger partial charge < -0.3 is 20.3 Å². The predicted octanol–water partition coefficient (Wildman–Crippen LogP) is 2.59. The minimum atomic E-state index is -3.67. The quantitative estimate of drug-likeness (QED) is 0.896. The van der Waals surface area contributed by atoms with Crippen molar-refractivity contribution in [3.8, 4) is 11.5 Å². The zero-order valence-electron chi connectivity index (χ0n) is 10.3. The lowest BCUT2D eigenvalue weighted by Gasteiger charge is -2.19. The van der Waals surface area contributed by atoms with Crippen LogP contribution in [0, 0.1) is 0 Å². The maximum absolute atomic E-state index is 13.0. The second-order valence-corrected chi connectivity index (χ2v) is 4.22. The molecule has 2 rings (SSSR count). The number of para-hydroxylation sites is 1. The third-order valence-electron chi connectivity index (χ3n) is 2.82. The molecule has 0 unspecified atom stereocenters. The molecule has 1 aliphatic rings. The zero-order chi connectivity index (χ0) is 13.3. The summed E-state index contributed by atoms with van der Waals surface area (Å²) in [5.74, 6) is -0.151. The van der Waals surface area contributed by atoms with E-state index in [1.807, 2.05) is 6.92 Å². The summed E-state index contributed by atoms with van der Waals surface area (Å²) in [6.07, 6.45) is -3.24. The number of nitrogens with two attached hydrogens (primary N) is 1. The van der Waals surface area contributed by atoms with Crippen LogP contribution in [0.25, 0.3) is 0 Å². The molecule has 0 bridgehead atoms. The Bertz CT molecular complexity index is 445. The number of halogens is 3. The van der Waals surface area contributed by atoms with Crippen LogP contribution in [0.2, 0.25) is 0 Å². The van der Waals surface area contributed by atoms with Gasteiger partial charge in [-0.2, -0.15) is 0 Å². The van der Waals surface area contributed by atoms with Crippen LogP contribution in [0.3, 0.4) is 0 Å². The molecule has 108 valence electrons. The smallest absolute Gasteiger partial charge is 0.395 e. The molecule has 0 spiro atoms. The molecular formula is C12H16ClF2NO3. The third kappa shape index (κ3) is 3.26. The number of alkyl halides is 2. The van der Waals surface area contributed by atoms with Crippen molar-refractivity contribution in [2.75, 3.05) is 0 Å². The first-order valence-electron chi connectivity index (χ1n) is 5.77. The third-order valence-corrected chi connectivity index (χ3v) is 2.82. The zero-order valence-corrected chi connectivity index (χ0v) is 11.1. The van der Waals surface area contributed by atoms with Crippen LogP contribution in [0.1, 0.15) is 31.4 Å². The molecule has 1 heterocycles. The van der Waals surface area contributed by atoms with Gasteiger partial charge in [0.1, 0.15) is 0 Å². The van der Waals surface area contributed by atoms with Crippen LogP contribution in [0.5, 0.6) is 11.5 Å². The van der Waals surface area contributed by atoms with Gasteiger partial charge in [-0.25, -0.2) is 0 Å². The lowest BCUT2D eigenvalue weighted by molar-refractivity contribution is -0.287. The highest BCUT2D eigenvalue weighted by molar-refractivity contribution is 5.85. The van der Waals surface area contributed by atoms with Crippen molar-refractivity contribution >= 4 is 12.4 Å². The number of ether oxygens (including phenoxy) is 2. The molecule has 0 radical (unpaired) electrons. The van der Waals surface area contributed by atoms with Gasteiger partial charge in [0.15, 0.2) is 11.5 Å². The molecule has 0 amide bonds. The van der Waals surface area contributed by atoms with Crippen LogP contribution in [0.15, 0.2) is 18.2 Å². The average Bonchev–Trinajstić information content (AvgIpc) is 2.61. The van der Waals surface area contributed by atoms with Gasteiger partial charge in [0.25, 0.3) is 0 Å². The lowest BCUT2D eigenvalue weighted by atomic mass is 9.98. The van der Waals surface area contributed by atoms with Gasteiger partial charge in [0.2, 0.25) is 0 Å². The molecule has 1 aliphatic heterocycles. The fourth-order valence-electron chi connectivity index (χ4n) is 1.94. The van der Waals surface area contributed by atoms with Crippen molar-refractivity contribution in [2.45, 2.75) is 38.2 Å². The summed E-state index contributed by atoms with van der Waals surface area (Å²) in [7, 11) is 0. The van der Waals surface area contributed by atoms with Crippen LogP contribution in [0.4, 0.5) is 8.78 Å². The van der Waals surface area contributed by atoms with E-state index in [9.17, 15) is 13.9 Å². The number of fused-ring (bicyclic) bond motifs is 1. The SMILES string of the molecule is CCC[C@@H](O)[C@@H](N)c1cccc2c1OC(F)(F)O2.Cl. The number of benzene rings is 1. The van der Waals surface area contributed by atoms with Crippen LogP contribution in [-0.4, -0.2) is 17.5 Å². The van der Waals surface area contributed by atoms with Crippen LogP contribution in [-0.2, 0) is 0 Å². The molecule has 0 aliphatic carbocycles. The Labute approximate surface area is 115 Å². The molecule has 0 saturated carbocycles. The molecule has 0 saturated heterocycles. The summed E-state index contributed by atoms with van der Waals surface area (Å²) in [6.45, 7) is 1.90. The summed E-state index contributed by atoms with van der Waals surface area (Å²) < 4.78 is 34.7. The second-order valence-electron chi connectivity index (χ2n) is 4.22. The number of aliphatic hydroxyl groups excluding tert-OH is 1. The summed E-state index contributed by atoms with van der Waals surface area (Å²) >= 11 is 0. The Morgan fingerprint density at radius 1 is 1.37 bits per heavy atom. The van der Waals surface area contributed by atoms with Crippen molar-refractivity contribution in [2.24, 2.45) is 5.73 Å². The van der Waals surface area contributed by atoms with E-state index in [1.54, 1.807) is 6.07 Å². The maximum atomic E-state index is 13.0. The average molecular weight is 296 g/mol. The Kier molecular flexibility index (Phi) is 4.95. The van der Waals surface area contributed by atoms with Crippen LogP contribution < -0.4 is 15.2 Å². The number of hydrogen-bond acceptors (Lipinski definition) is 4. The molecule has 3 N–H and O–H groups in total. The van der Waals surface area contributed by atoms with Crippen molar-refractivity contribution in [3.63, 3.8) is 0 Å². The van der Waals surface area contributed by atoms with E-state index in [2.05, 4.69) is 9.47 Å².